The van der Waals surface area contributed by atoms with Gasteiger partial charge in [0.15, 0.2) is 8.32 Å². The fourth-order valence-electron chi connectivity index (χ4n) is 3.44. The summed E-state index contributed by atoms with van der Waals surface area (Å²) in [7, 11) is -6.03. The predicted molar refractivity (Wildman–Crippen MR) is 131 cm³/mol. The van der Waals surface area contributed by atoms with Gasteiger partial charge in [-0.05, 0) is 55.9 Å². The lowest BCUT2D eigenvalue weighted by Crippen LogP contribution is -2.51. The molecule has 0 saturated heterocycles. The summed E-state index contributed by atoms with van der Waals surface area (Å²) >= 11 is 0. The van der Waals surface area contributed by atoms with Crippen LogP contribution in [0.3, 0.4) is 0 Å². The van der Waals surface area contributed by atoms with Crippen molar-refractivity contribution in [3.05, 3.63) is 28.8 Å². The van der Waals surface area contributed by atoms with Crippen LogP contribution in [0, 0.1) is 45.0 Å². The van der Waals surface area contributed by atoms with Crippen LogP contribution < -0.4 is 4.72 Å². The van der Waals surface area contributed by atoms with Crippen molar-refractivity contribution in [2.24, 2.45) is 11.8 Å². The maximum atomic E-state index is 13.4. The van der Waals surface area contributed by atoms with Crippen LogP contribution in [0.15, 0.2) is 17.0 Å². The highest BCUT2D eigenvalue weighted by atomic mass is 32.2. The molecule has 176 valence electrons. The van der Waals surface area contributed by atoms with E-state index in [9.17, 15) is 13.5 Å². The van der Waals surface area contributed by atoms with Gasteiger partial charge in [-0.15, -0.1) is 6.42 Å². The molecule has 5 nitrogen and oxygen atoms in total. The van der Waals surface area contributed by atoms with Crippen LogP contribution in [0.4, 0.5) is 0 Å². The Balaban J connectivity index is 3.39. The molecule has 1 rings (SSSR count). The van der Waals surface area contributed by atoms with Gasteiger partial charge in [-0.25, -0.2) is 13.1 Å². The van der Waals surface area contributed by atoms with Crippen molar-refractivity contribution in [1.82, 2.24) is 4.72 Å². The molecule has 0 aromatic heterocycles. The fraction of sp³-hybridized carbons (Fsp3) is 0.667. The van der Waals surface area contributed by atoms with E-state index in [1.54, 1.807) is 13.8 Å². The zero-order valence-corrected chi connectivity index (χ0v) is 22.6. The summed E-state index contributed by atoms with van der Waals surface area (Å²) in [4.78, 5) is 0.255. The number of sulfonamides is 1. The lowest BCUT2D eigenvalue weighted by molar-refractivity contribution is 0.0637. The molecule has 0 aliphatic heterocycles. The normalized spacial score (nSPS) is 16.1. The quantitative estimate of drug-likeness (QED) is 0.413. The standard InChI is InChI=1S/C24H41NO4SSi/c1-12-20(22(26)16(2)3)21(15-29-31(10,11)24(7,8)9)25-30(27,28)23-18(5)13-17(4)14-19(23)6/h1,13-14,16,20-22,25-26H,15H2,2-11H3/t20-,21-,22-/m0/s1. The largest absolute Gasteiger partial charge is 0.415 e. The van der Waals surface area contributed by atoms with Crippen molar-refractivity contribution in [2.45, 2.75) is 90.6 Å². The molecule has 7 heteroatoms. The van der Waals surface area contributed by atoms with E-state index in [0.717, 1.165) is 5.56 Å². The summed E-state index contributed by atoms with van der Waals surface area (Å²) in [6, 6.07) is 2.95. The Morgan fingerprint density at radius 2 is 1.65 bits per heavy atom. The first-order valence-corrected chi connectivity index (χ1v) is 15.2. The summed E-state index contributed by atoms with van der Waals surface area (Å²) in [5.74, 6) is 1.79. The van der Waals surface area contributed by atoms with E-state index < -0.39 is 36.4 Å². The third kappa shape index (κ3) is 6.90. The smallest absolute Gasteiger partial charge is 0.241 e. The first kappa shape index (κ1) is 27.9. The minimum Gasteiger partial charge on any atom is -0.415 e. The monoisotopic (exact) mass is 467 g/mol. The number of benzene rings is 1. The third-order valence-corrected chi connectivity index (χ3v) is 12.6. The Kier molecular flexibility index (Phi) is 9.15. The van der Waals surface area contributed by atoms with Gasteiger partial charge in [-0.2, -0.15) is 0 Å². The summed E-state index contributed by atoms with van der Waals surface area (Å²) in [6.45, 7) is 19.9. The number of hydrogen-bond donors (Lipinski definition) is 2. The van der Waals surface area contributed by atoms with Crippen molar-refractivity contribution >= 4 is 18.3 Å². The molecule has 3 atom stereocenters. The molecule has 0 saturated carbocycles. The van der Waals surface area contributed by atoms with Crippen LogP contribution in [-0.2, 0) is 14.4 Å². The van der Waals surface area contributed by atoms with E-state index in [0.29, 0.717) is 11.1 Å². The lowest BCUT2D eigenvalue weighted by atomic mass is 9.88. The third-order valence-electron chi connectivity index (χ3n) is 6.29. The predicted octanol–water partition coefficient (Wildman–Crippen LogP) is 4.55. The van der Waals surface area contributed by atoms with Gasteiger partial charge in [0.2, 0.25) is 10.0 Å². The Morgan fingerprint density at radius 3 is 2.03 bits per heavy atom. The summed E-state index contributed by atoms with van der Waals surface area (Å²) in [5.41, 5.74) is 2.36. The van der Waals surface area contributed by atoms with Crippen molar-refractivity contribution < 1.29 is 18.0 Å². The van der Waals surface area contributed by atoms with E-state index in [1.807, 2.05) is 32.9 Å². The average molecular weight is 468 g/mol. The van der Waals surface area contributed by atoms with Gasteiger partial charge < -0.3 is 9.53 Å². The second-order valence-corrected chi connectivity index (χ2v) is 16.9. The maximum Gasteiger partial charge on any atom is 0.241 e. The summed E-state index contributed by atoms with van der Waals surface area (Å²) in [6.07, 6.45) is 4.93. The highest BCUT2D eigenvalue weighted by molar-refractivity contribution is 7.89. The molecule has 0 aliphatic carbocycles. The zero-order chi connectivity index (χ0) is 24.4. The van der Waals surface area contributed by atoms with Gasteiger partial charge in [-0.3, -0.25) is 0 Å². The molecule has 0 radical (unpaired) electrons. The number of rotatable bonds is 9. The molecule has 0 unspecified atom stereocenters. The average Bonchev–Trinajstić information content (AvgIpc) is 2.57. The number of terminal acetylenes is 1. The fourth-order valence-corrected chi connectivity index (χ4v) is 6.17. The van der Waals surface area contributed by atoms with E-state index in [-0.39, 0.29) is 22.5 Å². The first-order valence-electron chi connectivity index (χ1n) is 10.8. The van der Waals surface area contributed by atoms with Gasteiger partial charge in [0.25, 0.3) is 0 Å². The Hall–Kier alpha value is -1.17. The zero-order valence-electron chi connectivity index (χ0n) is 20.8. The Labute approximate surface area is 191 Å². The van der Waals surface area contributed by atoms with Gasteiger partial charge in [0.1, 0.15) is 0 Å². The second-order valence-electron chi connectivity index (χ2n) is 10.5. The topological polar surface area (TPSA) is 75.6 Å². The molecule has 31 heavy (non-hydrogen) atoms. The molecular weight excluding hydrogens is 426 g/mol. The number of aliphatic hydroxyl groups is 1. The molecule has 0 heterocycles. The van der Waals surface area contributed by atoms with E-state index in [4.69, 9.17) is 10.8 Å². The van der Waals surface area contributed by atoms with Crippen LogP contribution in [0.2, 0.25) is 18.1 Å². The molecule has 0 spiro atoms. The minimum atomic E-state index is -3.88. The highest BCUT2D eigenvalue weighted by Crippen LogP contribution is 2.37. The van der Waals surface area contributed by atoms with Crippen LogP contribution in [0.25, 0.3) is 0 Å². The number of aliphatic hydroxyl groups excluding tert-OH is 1. The molecule has 2 N–H and O–H groups in total. The first-order chi connectivity index (χ1) is 13.9. The van der Waals surface area contributed by atoms with Crippen molar-refractivity contribution in [2.75, 3.05) is 6.61 Å². The number of aryl methyl sites for hydroxylation is 3. The van der Waals surface area contributed by atoms with Gasteiger partial charge >= 0.3 is 0 Å². The van der Waals surface area contributed by atoms with Crippen LogP contribution in [0.1, 0.15) is 51.3 Å². The molecule has 0 bridgehead atoms. The number of hydrogen-bond acceptors (Lipinski definition) is 4. The highest BCUT2D eigenvalue weighted by Gasteiger charge is 2.40. The molecule has 0 aliphatic rings. The van der Waals surface area contributed by atoms with Crippen molar-refractivity contribution in [3.63, 3.8) is 0 Å². The van der Waals surface area contributed by atoms with Gasteiger partial charge in [-0.1, -0.05) is 58.2 Å². The second kappa shape index (κ2) is 10.2. The van der Waals surface area contributed by atoms with Crippen LogP contribution in [-0.4, -0.2) is 40.6 Å². The van der Waals surface area contributed by atoms with E-state index >= 15 is 0 Å². The summed E-state index contributed by atoms with van der Waals surface area (Å²) in [5, 5.41) is 10.7. The number of nitrogens with one attached hydrogen (secondary N) is 1. The van der Waals surface area contributed by atoms with E-state index in [1.165, 1.54) is 0 Å². The van der Waals surface area contributed by atoms with Crippen LogP contribution in [0.5, 0.6) is 0 Å². The van der Waals surface area contributed by atoms with E-state index in [2.05, 4.69) is 44.5 Å². The minimum absolute atomic E-state index is 0.0388. The van der Waals surface area contributed by atoms with Gasteiger partial charge in [0, 0.05) is 0 Å². The van der Waals surface area contributed by atoms with Crippen molar-refractivity contribution in [1.29, 1.82) is 0 Å². The molecule has 1 aromatic carbocycles. The summed E-state index contributed by atoms with van der Waals surface area (Å²) < 4.78 is 36.0. The molecule has 0 amide bonds. The molecule has 1 aromatic rings. The maximum absolute atomic E-state index is 13.4. The molecule has 0 fully saturated rings. The molecular formula is C24H41NO4SSi. The van der Waals surface area contributed by atoms with Gasteiger partial charge in [0.05, 0.1) is 29.6 Å². The van der Waals surface area contributed by atoms with Crippen molar-refractivity contribution in [3.8, 4) is 12.3 Å². The Morgan fingerprint density at radius 1 is 1.16 bits per heavy atom. The lowest BCUT2D eigenvalue weighted by Gasteiger charge is -2.38. The SMILES string of the molecule is C#C[C@@H]([C@H](CO[Si](C)(C)C(C)(C)C)NS(=O)(=O)c1c(C)cc(C)cc1C)[C@@H](O)C(C)C. The van der Waals surface area contributed by atoms with Crippen LogP contribution >= 0.6 is 0 Å². The Bertz CT molecular complexity index is 887.